The molecule has 5 rings (SSSR count). The molecule has 1 unspecified atom stereocenters. The number of benzene rings is 2. The SMILES string of the molecule is CC1CCc2c(ccc3c2nc(CCc2ccccc2C=O)n3C2CCCCC2)N1C.CO.O=CO. The number of nitrogens with zero attached hydrogens (tertiary/aromatic N) is 3. The van der Waals surface area contributed by atoms with E-state index in [-0.39, 0.29) is 6.47 Å². The third-order valence-corrected chi connectivity index (χ3v) is 7.61. The summed E-state index contributed by atoms with van der Waals surface area (Å²) >= 11 is 0. The van der Waals surface area contributed by atoms with Crippen molar-refractivity contribution in [3.63, 3.8) is 0 Å². The molecular formula is C29H39N3O4. The molecule has 194 valence electrons. The van der Waals surface area contributed by atoms with E-state index in [9.17, 15) is 4.79 Å². The summed E-state index contributed by atoms with van der Waals surface area (Å²) < 4.78 is 2.57. The lowest BCUT2D eigenvalue weighted by molar-refractivity contribution is -0.122. The summed E-state index contributed by atoms with van der Waals surface area (Å²) in [4.78, 5) is 27.5. The average molecular weight is 494 g/mol. The monoisotopic (exact) mass is 493 g/mol. The molecule has 36 heavy (non-hydrogen) atoms. The van der Waals surface area contributed by atoms with Crippen LogP contribution in [0.25, 0.3) is 11.0 Å². The third-order valence-electron chi connectivity index (χ3n) is 7.61. The van der Waals surface area contributed by atoms with Gasteiger partial charge in [0.05, 0.1) is 11.0 Å². The number of aliphatic hydroxyl groups is 1. The van der Waals surface area contributed by atoms with E-state index in [0.29, 0.717) is 12.1 Å². The Morgan fingerprint density at radius 3 is 2.39 bits per heavy atom. The van der Waals surface area contributed by atoms with Gasteiger partial charge in [-0.3, -0.25) is 9.59 Å². The number of carbonyl (C=O) groups is 2. The average Bonchev–Trinajstić information content (AvgIpc) is 3.30. The smallest absolute Gasteiger partial charge is 0.290 e. The number of fused-ring (bicyclic) bond motifs is 3. The molecule has 7 nitrogen and oxygen atoms in total. The number of carboxylic acid groups (broad SMARTS) is 1. The molecule has 0 radical (unpaired) electrons. The van der Waals surface area contributed by atoms with Gasteiger partial charge < -0.3 is 19.7 Å². The molecule has 2 aliphatic rings. The van der Waals surface area contributed by atoms with Crippen LogP contribution in [0, 0.1) is 0 Å². The van der Waals surface area contributed by atoms with E-state index >= 15 is 0 Å². The summed E-state index contributed by atoms with van der Waals surface area (Å²) in [5, 5.41) is 13.9. The summed E-state index contributed by atoms with van der Waals surface area (Å²) in [6.07, 6.45) is 11.5. The fraction of sp³-hybridized carbons (Fsp3) is 0.483. The van der Waals surface area contributed by atoms with Crippen LogP contribution in [-0.4, -0.2) is 52.7 Å². The first-order valence-electron chi connectivity index (χ1n) is 12.9. The number of carbonyl (C=O) groups excluding carboxylic acids is 1. The van der Waals surface area contributed by atoms with Crippen molar-refractivity contribution in [1.29, 1.82) is 0 Å². The maximum Gasteiger partial charge on any atom is 0.290 e. The zero-order chi connectivity index (χ0) is 26.1. The summed E-state index contributed by atoms with van der Waals surface area (Å²) in [5.74, 6) is 1.19. The van der Waals surface area contributed by atoms with E-state index in [0.717, 1.165) is 43.8 Å². The van der Waals surface area contributed by atoms with Crippen LogP contribution in [0.3, 0.4) is 0 Å². The molecule has 1 fully saturated rings. The molecule has 3 aromatic rings. The van der Waals surface area contributed by atoms with Crippen molar-refractivity contribution in [2.75, 3.05) is 19.1 Å². The lowest BCUT2D eigenvalue weighted by Crippen LogP contribution is -2.33. The van der Waals surface area contributed by atoms with Crippen molar-refractivity contribution in [3.05, 3.63) is 58.9 Å². The Balaban J connectivity index is 0.000000674. The Kier molecular flexibility index (Phi) is 10.1. The number of rotatable bonds is 5. The lowest BCUT2D eigenvalue weighted by atomic mass is 9.94. The Morgan fingerprint density at radius 2 is 1.69 bits per heavy atom. The van der Waals surface area contributed by atoms with Crippen molar-refractivity contribution in [2.24, 2.45) is 0 Å². The van der Waals surface area contributed by atoms with Crippen LogP contribution < -0.4 is 4.90 Å². The molecule has 2 N–H and O–H groups in total. The molecule has 2 heterocycles. The first-order valence-corrected chi connectivity index (χ1v) is 12.9. The molecule has 1 aromatic heterocycles. The molecule has 2 aromatic carbocycles. The van der Waals surface area contributed by atoms with Gasteiger partial charge in [0.2, 0.25) is 0 Å². The predicted octanol–water partition coefficient (Wildman–Crippen LogP) is 5.22. The Hall–Kier alpha value is -3.19. The fourth-order valence-electron chi connectivity index (χ4n) is 5.66. The van der Waals surface area contributed by atoms with E-state index in [2.05, 4.69) is 41.6 Å². The van der Waals surface area contributed by atoms with Gasteiger partial charge in [0.1, 0.15) is 12.1 Å². The Morgan fingerprint density at radius 1 is 1.00 bits per heavy atom. The number of imidazole rings is 1. The van der Waals surface area contributed by atoms with Crippen molar-refractivity contribution >= 4 is 29.5 Å². The number of hydrogen-bond donors (Lipinski definition) is 2. The van der Waals surface area contributed by atoms with Crippen LogP contribution in [0.2, 0.25) is 0 Å². The molecule has 0 amide bonds. The van der Waals surface area contributed by atoms with Gasteiger partial charge in [-0.15, -0.1) is 0 Å². The number of aromatic nitrogens is 2. The molecule has 1 aliphatic heterocycles. The second-order valence-corrected chi connectivity index (χ2v) is 9.54. The number of hydrogen-bond acceptors (Lipinski definition) is 5. The van der Waals surface area contributed by atoms with Gasteiger partial charge >= 0.3 is 0 Å². The lowest BCUT2D eigenvalue weighted by Gasteiger charge is -2.34. The highest BCUT2D eigenvalue weighted by atomic mass is 16.3. The summed E-state index contributed by atoms with van der Waals surface area (Å²) in [6.45, 7) is 2.06. The maximum absolute atomic E-state index is 11.5. The number of aldehydes is 1. The first kappa shape index (κ1) is 27.4. The van der Waals surface area contributed by atoms with Gasteiger partial charge in [-0.05, 0) is 56.7 Å². The normalized spacial score (nSPS) is 17.3. The van der Waals surface area contributed by atoms with Crippen LogP contribution >= 0.6 is 0 Å². The first-order chi connectivity index (χ1) is 17.6. The highest BCUT2D eigenvalue weighted by Gasteiger charge is 2.27. The van der Waals surface area contributed by atoms with Crippen molar-refractivity contribution in [1.82, 2.24) is 9.55 Å². The predicted molar refractivity (Wildman–Crippen MR) is 144 cm³/mol. The van der Waals surface area contributed by atoms with Gasteiger partial charge in [0.25, 0.3) is 6.47 Å². The van der Waals surface area contributed by atoms with Gasteiger partial charge in [-0.25, -0.2) is 4.98 Å². The summed E-state index contributed by atoms with van der Waals surface area (Å²) in [5.41, 5.74) is 7.21. The topological polar surface area (TPSA) is 95.7 Å². The zero-order valence-corrected chi connectivity index (χ0v) is 21.7. The van der Waals surface area contributed by atoms with Crippen molar-refractivity contribution in [2.45, 2.75) is 76.8 Å². The van der Waals surface area contributed by atoms with Crippen LogP contribution in [0.15, 0.2) is 36.4 Å². The minimum Gasteiger partial charge on any atom is -0.483 e. The highest BCUT2D eigenvalue weighted by Crippen LogP contribution is 2.38. The Labute approximate surface area is 213 Å². The minimum absolute atomic E-state index is 0.250. The molecule has 1 atom stereocenters. The van der Waals surface area contributed by atoms with Crippen LogP contribution in [0.5, 0.6) is 0 Å². The maximum atomic E-state index is 11.5. The van der Waals surface area contributed by atoms with Crippen LogP contribution in [0.4, 0.5) is 5.69 Å². The van der Waals surface area contributed by atoms with Crippen molar-refractivity contribution < 1.29 is 19.8 Å². The molecule has 1 saturated carbocycles. The second-order valence-electron chi connectivity index (χ2n) is 9.54. The van der Waals surface area contributed by atoms with Crippen LogP contribution in [0.1, 0.15) is 78.8 Å². The Bertz CT molecular complexity index is 1150. The van der Waals surface area contributed by atoms with E-state index in [1.54, 1.807) is 0 Å². The third kappa shape index (κ3) is 5.78. The quantitative estimate of drug-likeness (QED) is 0.473. The number of aryl methyl sites for hydroxylation is 3. The van der Waals surface area contributed by atoms with E-state index in [1.165, 1.54) is 66.6 Å². The van der Waals surface area contributed by atoms with Gasteiger partial charge in [-0.1, -0.05) is 43.5 Å². The largest absolute Gasteiger partial charge is 0.483 e. The standard InChI is InChI=1S/C27H33N3O.CH2O2.CH4O/c1-19-12-14-23-24(29(19)2)15-16-25-27(23)28-26(30(25)22-10-4-3-5-11-22)17-13-20-8-6-7-9-21(20)18-31;2-1-3;1-2/h6-9,15-16,18-19,22H,3-5,10-14,17H2,1-2H3;1H,(H,2,3);2H,1H3. The van der Waals surface area contributed by atoms with Gasteiger partial charge in [-0.2, -0.15) is 0 Å². The van der Waals surface area contributed by atoms with Crippen LogP contribution in [-0.2, 0) is 24.1 Å². The number of anilines is 1. The zero-order valence-electron chi connectivity index (χ0n) is 21.7. The van der Waals surface area contributed by atoms with E-state index in [1.807, 2.05) is 18.2 Å². The highest BCUT2D eigenvalue weighted by molar-refractivity contribution is 5.86. The number of aliphatic hydroxyl groups excluding tert-OH is 1. The van der Waals surface area contributed by atoms with Crippen molar-refractivity contribution in [3.8, 4) is 0 Å². The molecule has 1 aliphatic carbocycles. The molecule has 7 heteroatoms. The molecule has 0 bridgehead atoms. The molecule has 0 saturated heterocycles. The fourth-order valence-corrected chi connectivity index (χ4v) is 5.66. The van der Waals surface area contributed by atoms with Gasteiger partial charge in [0, 0.05) is 49.5 Å². The van der Waals surface area contributed by atoms with Gasteiger partial charge in [0.15, 0.2) is 0 Å². The summed E-state index contributed by atoms with van der Waals surface area (Å²) in [7, 11) is 3.21. The minimum atomic E-state index is -0.250. The molecule has 0 spiro atoms. The summed E-state index contributed by atoms with van der Waals surface area (Å²) in [6, 6.07) is 13.7. The molecular weight excluding hydrogens is 454 g/mol. The van der Waals surface area contributed by atoms with E-state index in [4.69, 9.17) is 20.0 Å². The van der Waals surface area contributed by atoms with E-state index < -0.39 is 0 Å². The second kappa shape index (κ2) is 13.2.